The van der Waals surface area contributed by atoms with Crippen molar-refractivity contribution in [2.75, 3.05) is 26.1 Å². The predicted molar refractivity (Wildman–Crippen MR) is 113 cm³/mol. The lowest BCUT2D eigenvalue weighted by molar-refractivity contribution is 0.395. The smallest absolute Gasteiger partial charge is 0.206 e. The standard InChI is InChI=1S/C18H22N4O2S3/c1-11(2)8-19-17-21-22-18(27-17)26-10-12-9-25-16(20-12)14-6-5-13(23-3)7-15(14)24-4/h5-7,9,11H,8,10H2,1-4H3,(H,19,21). The van der Waals surface area contributed by atoms with Crippen LogP contribution in [0.3, 0.4) is 0 Å². The van der Waals surface area contributed by atoms with Crippen molar-refractivity contribution in [3.63, 3.8) is 0 Å². The molecule has 1 aromatic carbocycles. The Balaban J connectivity index is 1.63. The van der Waals surface area contributed by atoms with E-state index in [0.29, 0.717) is 5.92 Å². The van der Waals surface area contributed by atoms with Gasteiger partial charge in [0.15, 0.2) is 4.34 Å². The van der Waals surface area contributed by atoms with Crippen LogP contribution in [0.25, 0.3) is 10.6 Å². The van der Waals surface area contributed by atoms with Gasteiger partial charge in [-0.15, -0.1) is 21.5 Å². The van der Waals surface area contributed by atoms with E-state index in [9.17, 15) is 0 Å². The molecule has 2 aromatic heterocycles. The van der Waals surface area contributed by atoms with E-state index < -0.39 is 0 Å². The van der Waals surface area contributed by atoms with Gasteiger partial charge >= 0.3 is 0 Å². The minimum atomic E-state index is 0.577. The van der Waals surface area contributed by atoms with Crippen molar-refractivity contribution < 1.29 is 9.47 Å². The highest BCUT2D eigenvalue weighted by Crippen LogP contribution is 2.36. The van der Waals surface area contributed by atoms with Gasteiger partial charge in [-0.2, -0.15) is 0 Å². The quantitative estimate of drug-likeness (QED) is 0.485. The lowest BCUT2D eigenvalue weighted by atomic mass is 10.2. The van der Waals surface area contributed by atoms with Crippen LogP contribution in [-0.4, -0.2) is 35.9 Å². The second kappa shape index (κ2) is 9.38. The van der Waals surface area contributed by atoms with E-state index in [0.717, 1.165) is 49.5 Å². The molecular weight excluding hydrogens is 400 g/mol. The average molecular weight is 423 g/mol. The van der Waals surface area contributed by atoms with E-state index in [1.807, 2.05) is 18.2 Å². The van der Waals surface area contributed by atoms with E-state index in [1.54, 1.807) is 48.7 Å². The Morgan fingerprint density at radius 2 is 2.04 bits per heavy atom. The lowest BCUT2D eigenvalue weighted by Crippen LogP contribution is -2.07. The summed E-state index contributed by atoms with van der Waals surface area (Å²) in [5, 5.41) is 15.6. The summed E-state index contributed by atoms with van der Waals surface area (Å²) in [6.45, 7) is 5.24. The molecule has 3 aromatic rings. The highest BCUT2D eigenvalue weighted by molar-refractivity contribution is 8.00. The molecule has 2 heterocycles. The number of rotatable bonds is 9. The van der Waals surface area contributed by atoms with Crippen LogP contribution < -0.4 is 14.8 Å². The van der Waals surface area contributed by atoms with Gasteiger partial charge in [0.2, 0.25) is 5.13 Å². The van der Waals surface area contributed by atoms with Gasteiger partial charge in [0.05, 0.1) is 25.5 Å². The molecule has 0 bridgehead atoms. The normalized spacial score (nSPS) is 11.0. The summed E-state index contributed by atoms with van der Waals surface area (Å²) in [7, 11) is 3.30. The number of thioether (sulfide) groups is 1. The summed E-state index contributed by atoms with van der Waals surface area (Å²) in [5.74, 6) is 2.86. The van der Waals surface area contributed by atoms with Gasteiger partial charge in [0, 0.05) is 23.7 Å². The zero-order valence-corrected chi connectivity index (χ0v) is 18.1. The van der Waals surface area contributed by atoms with Crippen LogP contribution in [-0.2, 0) is 5.75 Å². The number of methoxy groups -OCH3 is 2. The first kappa shape index (κ1) is 19.9. The van der Waals surface area contributed by atoms with Gasteiger partial charge < -0.3 is 14.8 Å². The van der Waals surface area contributed by atoms with Crippen molar-refractivity contribution >= 4 is 39.6 Å². The van der Waals surface area contributed by atoms with Crippen LogP contribution in [0.2, 0.25) is 0 Å². The first-order chi connectivity index (χ1) is 13.1. The minimum absolute atomic E-state index is 0.577. The van der Waals surface area contributed by atoms with Gasteiger partial charge in [-0.05, 0) is 18.1 Å². The fourth-order valence-corrected chi connectivity index (χ4v) is 4.84. The summed E-state index contributed by atoms with van der Waals surface area (Å²) in [6, 6.07) is 5.77. The molecule has 9 heteroatoms. The molecule has 0 aliphatic rings. The number of nitrogens with zero attached hydrogens (tertiary/aromatic N) is 3. The van der Waals surface area contributed by atoms with Crippen LogP contribution in [0.5, 0.6) is 11.5 Å². The number of aromatic nitrogens is 3. The van der Waals surface area contributed by atoms with E-state index in [2.05, 4.69) is 34.7 Å². The molecule has 0 unspecified atom stereocenters. The zero-order valence-electron chi connectivity index (χ0n) is 15.7. The highest BCUT2D eigenvalue weighted by Gasteiger charge is 2.13. The molecule has 0 amide bonds. The van der Waals surface area contributed by atoms with Gasteiger partial charge in [0.25, 0.3) is 0 Å². The third kappa shape index (κ3) is 5.33. The molecule has 6 nitrogen and oxygen atoms in total. The molecule has 144 valence electrons. The van der Waals surface area contributed by atoms with Gasteiger partial charge in [-0.25, -0.2) is 4.98 Å². The maximum absolute atomic E-state index is 5.48. The Hall–Kier alpha value is -1.84. The number of hydrogen-bond acceptors (Lipinski definition) is 9. The van der Waals surface area contributed by atoms with E-state index in [-0.39, 0.29) is 0 Å². The van der Waals surface area contributed by atoms with Crippen molar-refractivity contribution in [3.05, 3.63) is 29.3 Å². The Labute approximate surface area is 171 Å². The molecule has 0 aliphatic heterocycles. The molecule has 0 aliphatic carbocycles. The van der Waals surface area contributed by atoms with Crippen LogP contribution in [0.1, 0.15) is 19.5 Å². The molecule has 3 rings (SSSR count). The molecule has 27 heavy (non-hydrogen) atoms. The number of nitrogens with one attached hydrogen (secondary N) is 1. The van der Waals surface area contributed by atoms with Crippen LogP contribution in [0.15, 0.2) is 27.9 Å². The predicted octanol–water partition coefficient (Wildman–Crippen LogP) is 5.04. The second-order valence-electron chi connectivity index (χ2n) is 6.15. The van der Waals surface area contributed by atoms with Crippen molar-refractivity contribution in [2.45, 2.75) is 23.9 Å². The summed E-state index contributed by atoms with van der Waals surface area (Å²) in [4.78, 5) is 4.74. The molecule has 0 atom stereocenters. The van der Waals surface area contributed by atoms with Gasteiger partial charge in [-0.3, -0.25) is 0 Å². The molecule has 0 saturated heterocycles. The molecular formula is C18H22N4O2S3. The Morgan fingerprint density at radius 3 is 2.78 bits per heavy atom. The molecule has 0 fully saturated rings. The average Bonchev–Trinajstić information content (AvgIpc) is 3.33. The topological polar surface area (TPSA) is 69.2 Å². The third-order valence-corrected chi connectivity index (χ3v) is 6.57. The van der Waals surface area contributed by atoms with Crippen molar-refractivity contribution in [1.82, 2.24) is 15.2 Å². The van der Waals surface area contributed by atoms with E-state index in [4.69, 9.17) is 14.5 Å². The highest BCUT2D eigenvalue weighted by atomic mass is 32.2. The molecule has 0 radical (unpaired) electrons. The molecule has 0 saturated carbocycles. The number of benzene rings is 1. The maximum atomic E-state index is 5.48. The Kier molecular flexibility index (Phi) is 6.92. The first-order valence-electron chi connectivity index (χ1n) is 8.46. The summed E-state index contributed by atoms with van der Waals surface area (Å²) in [6.07, 6.45) is 0. The fraction of sp³-hybridized carbons (Fsp3) is 0.389. The fourth-order valence-electron chi connectivity index (χ4n) is 2.24. The number of thiazole rings is 1. The third-order valence-electron chi connectivity index (χ3n) is 3.60. The van der Waals surface area contributed by atoms with Crippen molar-refractivity contribution in [2.24, 2.45) is 5.92 Å². The lowest BCUT2D eigenvalue weighted by Gasteiger charge is -2.08. The summed E-state index contributed by atoms with van der Waals surface area (Å²) < 4.78 is 11.7. The summed E-state index contributed by atoms with van der Waals surface area (Å²) >= 11 is 4.84. The number of anilines is 1. The van der Waals surface area contributed by atoms with Crippen molar-refractivity contribution in [3.8, 4) is 22.1 Å². The van der Waals surface area contributed by atoms with Crippen LogP contribution in [0, 0.1) is 5.92 Å². The molecule has 0 spiro atoms. The maximum Gasteiger partial charge on any atom is 0.206 e. The monoisotopic (exact) mass is 422 g/mol. The Morgan fingerprint density at radius 1 is 1.19 bits per heavy atom. The van der Waals surface area contributed by atoms with Gasteiger partial charge in [0.1, 0.15) is 16.5 Å². The van der Waals surface area contributed by atoms with Crippen LogP contribution in [0.4, 0.5) is 5.13 Å². The van der Waals surface area contributed by atoms with Gasteiger partial charge in [-0.1, -0.05) is 36.9 Å². The summed E-state index contributed by atoms with van der Waals surface area (Å²) in [5.41, 5.74) is 1.99. The SMILES string of the molecule is COc1ccc(-c2nc(CSc3nnc(NCC(C)C)s3)cs2)c(OC)c1. The minimum Gasteiger partial charge on any atom is -0.497 e. The zero-order chi connectivity index (χ0) is 19.2. The first-order valence-corrected chi connectivity index (χ1v) is 11.1. The largest absolute Gasteiger partial charge is 0.497 e. The molecule has 1 N–H and O–H groups in total. The van der Waals surface area contributed by atoms with Crippen LogP contribution >= 0.6 is 34.4 Å². The van der Waals surface area contributed by atoms with E-state index >= 15 is 0 Å². The number of ether oxygens (including phenoxy) is 2. The van der Waals surface area contributed by atoms with E-state index in [1.165, 1.54) is 0 Å². The number of hydrogen-bond donors (Lipinski definition) is 1. The van der Waals surface area contributed by atoms with Crippen molar-refractivity contribution in [1.29, 1.82) is 0 Å². The Bertz CT molecular complexity index is 879. The second-order valence-corrected chi connectivity index (χ2v) is 9.20.